The van der Waals surface area contributed by atoms with Crippen LogP contribution in [0.15, 0.2) is 71.8 Å². The molecule has 1 N–H and O–H groups in total. The summed E-state index contributed by atoms with van der Waals surface area (Å²) in [4.78, 5) is 4.98. The van der Waals surface area contributed by atoms with Crippen molar-refractivity contribution in [2.45, 2.75) is 58.4 Å². The molecule has 0 fully saturated rings. The Balaban J connectivity index is 1.76. The zero-order valence-corrected chi connectivity index (χ0v) is 23.0. The van der Waals surface area contributed by atoms with Crippen molar-refractivity contribution in [2.24, 2.45) is 5.41 Å². The molecule has 0 spiro atoms. The molecule has 2 aromatic heterocycles. The van der Waals surface area contributed by atoms with Gasteiger partial charge in [-0.05, 0) is 80.6 Å². The third-order valence-electron chi connectivity index (χ3n) is 5.69. The van der Waals surface area contributed by atoms with Crippen molar-refractivity contribution >= 4 is 33.2 Å². The topological polar surface area (TPSA) is 72.7 Å². The lowest BCUT2D eigenvalue weighted by Crippen LogP contribution is -2.36. The van der Waals surface area contributed by atoms with Gasteiger partial charge in [-0.2, -0.15) is 8.42 Å². The molecule has 2 aromatic carbocycles. The molecule has 2 heterocycles. The summed E-state index contributed by atoms with van der Waals surface area (Å²) in [6, 6.07) is 16.9. The van der Waals surface area contributed by atoms with Crippen LogP contribution in [0.25, 0.3) is 16.9 Å². The number of nitrogens with one attached hydrogen (secondary N) is 1. The average Bonchev–Trinajstić information content (AvgIpc) is 3.11. The predicted molar refractivity (Wildman–Crippen MR) is 146 cm³/mol. The zero-order chi connectivity index (χ0) is 26.3. The van der Waals surface area contributed by atoms with Crippen LogP contribution in [0, 0.1) is 12.3 Å². The predicted octanol–water partition coefficient (Wildman–Crippen LogP) is 7.36. The highest BCUT2D eigenvalue weighted by Crippen LogP contribution is 2.36. The van der Waals surface area contributed by atoms with Gasteiger partial charge in [-0.1, -0.05) is 50.6 Å². The summed E-state index contributed by atoms with van der Waals surface area (Å²) in [6.45, 7) is 13.0. The molecule has 190 valence electrons. The number of hydrogen-bond donors (Lipinski definition) is 1. The molecule has 0 aliphatic heterocycles. The largest absolute Gasteiger partial charge is 0.379 e. The van der Waals surface area contributed by atoms with Crippen molar-refractivity contribution in [2.75, 3.05) is 5.32 Å². The van der Waals surface area contributed by atoms with E-state index in [9.17, 15) is 8.42 Å². The number of hydrogen-bond acceptors (Lipinski definition) is 5. The van der Waals surface area contributed by atoms with E-state index >= 15 is 0 Å². The van der Waals surface area contributed by atoms with Crippen LogP contribution in [-0.4, -0.2) is 23.3 Å². The van der Waals surface area contributed by atoms with Crippen LogP contribution < -0.4 is 9.50 Å². The molecule has 0 aliphatic carbocycles. The first kappa shape index (κ1) is 26.0. The van der Waals surface area contributed by atoms with Crippen molar-refractivity contribution in [3.63, 3.8) is 0 Å². The maximum Gasteiger partial charge on any atom is 0.339 e. The molecule has 0 atom stereocenters. The number of rotatable bonds is 7. The molecule has 36 heavy (non-hydrogen) atoms. The molecule has 0 unspecified atom stereocenters. The first-order valence-electron chi connectivity index (χ1n) is 11.8. The van der Waals surface area contributed by atoms with E-state index in [1.807, 2.05) is 35.7 Å². The molecule has 0 amide bonds. The quantitative estimate of drug-likeness (QED) is 0.255. The van der Waals surface area contributed by atoms with Gasteiger partial charge >= 0.3 is 10.1 Å². The van der Waals surface area contributed by atoms with Crippen LogP contribution in [0.4, 0.5) is 5.82 Å². The van der Waals surface area contributed by atoms with Gasteiger partial charge in [-0.3, -0.25) is 4.40 Å². The second-order valence-electron chi connectivity index (χ2n) is 11.0. The molecule has 0 bridgehead atoms. The highest BCUT2D eigenvalue weighted by atomic mass is 35.5. The van der Waals surface area contributed by atoms with E-state index < -0.39 is 10.1 Å². The lowest BCUT2D eigenvalue weighted by atomic mass is 9.82. The van der Waals surface area contributed by atoms with Gasteiger partial charge in [0.25, 0.3) is 0 Å². The molecule has 4 rings (SSSR count). The Morgan fingerprint density at radius 1 is 1.00 bits per heavy atom. The normalized spacial score (nSPS) is 12.6. The van der Waals surface area contributed by atoms with Crippen LogP contribution >= 0.6 is 11.6 Å². The molecular formula is C28H32ClN3O3S. The lowest BCUT2D eigenvalue weighted by molar-refractivity contribution is 0.302. The van der Waals surface area contributed by atoms with Crippen LogP contribution in [0.5, 0.6) is 5.75 Å². The van der Waals surface area contributed by atoms with Gasteiger partial charge in [-0.15, -0.1) is 0 Å². The highest BCUT2D eigenvalue weighted by Gasteiger charge is 2.28. The van der Waals surface area contributed by atoms with Crippen LogP contribution in [0.3, 0.4) is 0 Å². The van der Waals surface area contributed by atoms with E-state index in [2.05, 4.69) is 39.9 Å². The van der Waals surface area contributed by atoms with Gasteiger partial charge in [-0.25, -0.2) is 4.98 Å². The maximum atomic E-state index is 12.8. The zero-order valence-electron chi connectivity index (χ0n) is 21.5. The summed E-state index contributed by atoms with van der Waals surface area (Å²) in [5, 5.41) is 4.17. The first-order valence-corrected chi connectivity index (χ1v) is 13.6. The lowest BCUT2D eigenvalue weighted by Gasteiger charge is -2.34. The second kappa shape index (κ2) is 9.45. The van der Waals surface area contributed by atoms with Gasteiger partial charge in [0, 0.05) is 22.3 Å². The van der Waals surface area contributed by atoms with E-state index in [4.69, 9.17) is 20.8 Å². The fourth-order valence-electron chi connectivity index (χ4n) is 4.69. The van der Waals surface area contributed by atoms with Crippen molar-refractivity contribution in [3.8, 4) is 17.0 Å². The smallest absolute Gasteiger partial charge is 0.339 e. The van der Waals surface area contributed by atoms with Crippen molar-refractivity contribution in [1.82, 2.24) is 9.38 Å². The molecule has 0 saturated heterocycles. The molecule has 0 radical (unpaired) electrons. The summed E-state index contributed by atoms with van der Waals surface area (Å²) in [7, 11) is -4.02. The standard InChI is InChI=1S/C28H32ClN3O3S/c1-19-9-8-16-32-25(19)30-24(26(32)31-28(5,6)18-27(2,3)4)20-10-7-11-22(17-20)35-36(33,34)23-14-12-21(29)13-15-23/h7-17,31H,18H2,1-6H3. The summed E-state index contributed by atoms with van der Waals surface area (Å²) >= 11 is 5.90. The van der Waals surface area contributed by atoms with Crippen molar-refractivity contribution < 1.29 is 12.6 Å². The minimum absolute atomic E-state index is 0.0342. The summed E-state index contributed by atoms with van der Waals surface area (Å²) in [5.74, 6) is 1.05. The van der Waals surface area contributed by atoms with Gasteiger partial charge in [0.2, 0.25) is 0 Å². The van der Waals surface area contributed by atoms with Crippen LogP contribution in [0.1, 0.15) is 46.6 Å². The van der Waals surface area contributed by atoms with Gasteiger partial charge in [0.1, 0.15) is 27.8 Å². The molecule has 6 nitrogen and oxygen atoms in total. The molecule has 0 saturated carbocycles. The molecule has 0 aliphatic rings. The SMILES string of the molecule is Cc1cccn2c(NC(C)(C)CC(C)(C)C)c(-c3cccc(OS(=O)(=O)c4ccc(Cl)cc4)c3)nc12. The van der Waals surface area contributed by atoms with E-state index in [1.165, 1.54) is 24.3 Å². The number of nitrogens with zero attached hydrogens (tertiary/aromatic N) is 2. The summed E-state index contributed by atoms with van der Waals surface area (Å²) in [6.07, 6.45) is 2.92. The average molecular weight is 526 g/mol. The van der Waals surface area contributed by atoms with Crippen molar-refractivity contribution in [1.29, 1.82) is 0 Å². The number of pyridine rings is 1. The Hall–Kier alpha value is -3.03. The highest BCUT2D eigenvalue weighted by molar-refractivity contribution is 7.87. The Bertz CT molecular complexity index is 1500. The van der Waals surface area contributed by atoms with E-state index in [0.717, 1.165) is 34.7 Å². The summed E-state index contributed by atoms with van der Waals surface area (Å²) < 4.78 is 33.2. The maximum absolute atomic E-state index is 12.8. The number of aromatic nitrogens is 2. The molecule has 4 aromatic rings. The van der Waals surface area contributed by atoms with E-state index in [-0.39, 0.29) is 21.6 Å². The number of halogens is 1. The second-order valence-corrected chi connectivity index (χ2v) is 12.9. The monoisotopic (exact) mass is 525 g/mol. The first-order chi connectivity index (χ1) is 16.7. The van der Waals surface area contributed by atoms with Gasteiger partial charge in [0.05, 0.1) is 0 Å². The number of fused-ring (bicyclic) bond motifs is 1. The third-order valence-corrected chi connectivity index (χ3v) is 7.20. The number of anilines is 1. The minimum atomic E-state index is -4.02. The molecular weight excluding hydrogens is 494 g/mol. The third kappa shape index (κ3) is 5.85. The fraction of sp³-hybridized carbons (Fsp3) is 0.321. The Morgan fingerprint density at radius 3 is 2.36 bits per heavy atom. The van der Waals surface area contributed by atoms with Crippen LogP contribution in [0.2, 0.25) is 5.02 Å². The Kier molecular flexibility index (Phi) is 6.84. The molecule has 8 heteroatoms. The van der Waals surface area contributed by atoms with E-state index in [1.54, 1.807) is 18.2 Å². The van der Waals surface area contributed by atoms with Crippen molar-refractivity contribution in [3.05, 3.63) is 77.4 Å². The number of benzene rings is 2. The van der Waals surface area contributed by atoms with Gasteiger partial charge < -0.3 is 9.50 Å². The number of aryl methyl sites for hydroxylation is 1. The van der Waals surface area contributed by atoms with E-state index in [0.29, 0.717) is 5.02 Å². The van der Waals surface area contributed by atoms with Gasteiger partial charge in [0.15, 0.2) is 0 Å². The Labute approximate surface area is 218 Å². The minimum Gasteiger partial charge on any atom is -0.379 e. The summed E-state index contributed by atoms with van der Waals surface area (Å²) in [5.41, 5.74) is 3.24. The Morgan fingerprint density at radius 2 is 1.69 bits per heavy atom. The fourth-order valence-corrected chi connectivity index (χ4v) is 5.74. The number of imidazole rings is 1. The van der Waals surface area contributed by atoms with Crippen LogP contribution in [-0.2, 0) is 10.1 Å².